The number of hydrogen-bond donors (Lipinski definition) is 1. The van der Waals surface area contributed by atoms with Gasteiger partial charge in [0.2, 0.25) is 0 Å². The molecule has 0 unspecified atom stereocenters. The summed E-state index contributed by atoms with van der Waals surface area (Å²) >= 11 is 0. The molecule has 0 radical (unpaired) electrons. The molecule has 0 amide bonds. The Morgan fingerprint density at radius 2 is 1.88 bits per heavy atom. The summed E-state index contributed by atoms with van der Waals surface area (Å²) in [6.45, 7) is 0. The SMILES string of the molecule is COC1(c2ccccc2CC2(N)CC2)CC1. The number of hydrogen-bond acceptors (Lipinski definition) is 2. The molecule has 0 saturated heterocycles. The fraction of sp³-hybridized carbons (Fsp3) is 0.571. The van der Waals surface area contributed by atoms with Gasteiger partial charge in [-0.25, -0.2) is 0 Å². The fourth-order valence-corrected chi connectivity index (χ4v) is 2.53. The Kier molecular flexibility index (Phi) is 2.13. The molecule has 2 N–H and O–H groups in total. The van der Waals surface area contributed by atoms with Gasteiger partial charge in [-0.2, -0.15) is 0 Å². The van der Waals surface area contributed by atoms with Crippen LogP contribution in [0.3, 0.4) is 0 Å². The Morgan fingerprint density at radius 1 is 1.19 bits per heavy atom. The van der Waals surface area contributed by atoms with Crippen LogP contribution in [0.25, 0.3) is 0 Å². The smallest absolute Gasteiger partial charge is 0.0932 e. The van der Waals surface area contributed by atoms with Crippen LogP contribution < -0.4 is 5.73 Å². The minimum Gasteiger partial charge on any atom is -0.374 e. The Balaban J connectivity index is 1.92. The molecule has 0 heterocycles. The second-order valence-electron chi connectivity index (χ2n) is 5.39. The van der Waals surface area contributed by atoms with E-state index >= 15 is 0 Å². The van der Waals surface area contributed by atoms with E-state index in [1.165, 1.54) is 24.0 Å². The molecule has 2 nitrogen and oxygen atoms in total. The van der Waals surface area contributed by atoms with E-state index in [4.69, 9.17) is 10.5 Å². The molecular weight excluding hydrogens is 198 g/mol. The highest BCUT2D eigenvalue weighted by Crippen LogP contribution is 2.50. The molecule has 16 heavy (non-hydrogen) atoms. The van der Waals surface area contributed by atoms with Crippen LogP contribution in [0.2, 0.25) is 0 Å². The third-order valence-corrected chi connectivity index (χ3v) is 4.04. The average molecular weight is 217 g/mol. The van der Waals surface area contributed by atoms with Gasteiger partial charge < -0.3 is 10.5 Å². The van der Waals surface area contributed by atoms with Crippen LogP contribution in [0.15, 0.2) is 24.3 Å². The predicted molar refractivity (Wildman–Crippen MR) is 64.2 cm³/mol. The highest BCUT2D eigenvalue weighted by molar-refractivity contribution is 5.38. The highest BCUT2D eigenvalue weighted by atomic mass is 16.5. The van der Waals surface area contributed by atoms with Crippen molar-refractivity contribution in [2.45, 2.75) is 43.2 Å². The zero-order chi connectivity index (χ0) is 11.2. The van der Waals surface area contributed by atoms with Gasteiger partial charge >= 0.3 is 0 Å². The van der Waals surface area contributed by atoms with Crippen LogP contribution in [0.1, 0.15) is 36.8 Å². The van der Waals surface area contributed by atoms with Gasteiger partial charge in [-0.15, -0.1) is 0 Å². The first kappa shape index (κ1) is 10.3. The Bertz CT molecular complexity index is 405. The second kappa shape index (κ2) is 3.31. The number of nitrogens with two attached hydrogens (primary N) is 1. The van der Waals surface area contributed by atoms with Crippen molar-refractivity contribution in [3.63, 3.8) is 0 Å². The van der Waals surface area contributed by atoms with E-state index < -0.39 is 0 Å². The molecule has 0 spiro atoms. The van der Waals surface area contributed by atoms with Crippen molar-refractivity contribution < 1.29 is 4.74 Å². The lowest BCUT2D eigenvalue weighted by atomic mass is 9.94. The fourth-order valence-electron chi connectivity index (χ4n) is 2.53. The Hall–Kier alpha value is -0.860. The van der Waals surface area contributed by atoms with Crippen LogP contribution in [0.5, 0.6) is 0 Å². The molecular formula is C14H19NO. The molecule has 0 aromatic heterocycles. The van der Waals surface area contributed by atoms with Crippen molar-refractivity contribution in [2.24, 2.45) is 5.73 Å². The molecule has 86 valence electrons. The monoisotopic (exact) mass is 217 g/mol. The summed E-state index contributed by atoms with van der Waals surface area (Å²) < 4.78 is 5.67. The van der Waals surface area contributed by atoms with E-state index in [1.807, 2.05) is 7.11 Å². The first-order valence-corrected chi connectivity index (χ1v) is 6.10. The van der Waals surface area contributed by atoms with Crippen molar-refractivity contribution in [3.8, 4) is 0 Å². The van der Waals surface area contributed by atoms with Gasteiger partial charge in [0.1, 0.15) is 0 Å². The lowest BCUT2D eigenvalue weighted by molar-refractivity contribution is 0.0780. The summed E-state index contributed by atoms with van der Waals surface area (Å²) in [5, 5.41) is 0. The summed E-state index contributed by atoms with van der Waals surface area (Å²) in [6, 6.07) is 8.63. The first-order valence-electron chi connectivity index (χ1n) is 6.10. The van der Waals surface area contributed by atoms with Crippen LogP contribution >= 0.6 is 0 Å². The van der Waals surface area contributed by atoms with Gasteiger partial charge in [0.05, 0.1) is 5.60 Å². The minimum absolute atomic E-state index is 0.0157. The van der Waals surface area contributed by atoms with Crippen molar-refractivity contribution in [1.82, 2.24) is 0 Å². The van der Waals surface area contributed by atoms with E-state index in [2.05, 4.69) is 24.3 Å². The minimum atomic E-state index is 0.0157. The van der Waals surface area contributed by atoms with E-state index in [0.29, 0.717) is 0 Å². The van der Waals surface area contributed by atoms with Gasteiger partial charge in [0, 0.05) is 12.6 Å². The van der Waals surface area contributed by atoms with E-state index in [1.54, 1.807) is 0 Å². The quantitative estimate of drug-likeness (QED) is 0.840. The Morgan fingerprint density at radius 3 is 2.44 bits per heavy atom. The number of methoxy groups -OCH3 is 1. The van der Waals surface area contributed by atoms with Gasteiger partial charge in [-0.3, -0.25) is 0 Å². The van der Waals surface area contributed by atoms with Gasteiger partial charge in [0.25, 0.3) is 0 Å². The summed E-state index contributed by atoms with van der Waals surface area (Å²) in [5.41, 5.74) is 9.07. The third-order valence-electron chi connectivity index (χ3n) is 4.04. The molecule has 1 aromatic rings. The molecule has 1 aromatic carbocycles. The molecule has 2 aliphatic carbocycles. The standard InChI is InChI=1S/C14H19NO/c1-16-14(8-9-14)12-5-3-2-4-11(12)10-13(15)6-7-13/h2-5H,6-10,15H2,1H3. The molecule has 0 atom stereocenters. The summed E-state index contributed by atoms with van der Waals surface area (Å²) in [7, 11) is 1.82. The predicted octanol–water partition coefficient (Wildman–Crippen LogP) is 2.36. The maximum atomic E-state index is 6.21. The van der Waals surface area contributed by atoms with Crippen LogP contribution in [-0.2, 0) is 16.8 Å². The molecule has 2 heteroatoms. The third kappa shape index (κ3) is 1.66. The van der Waals surface area contributed by atoms with E-state index in [9.17, 15) is 0 Å². The summed E-state index contributed by atoms with van der Waals surface area (Å²) in [5.74, 6) is 0. The highest BCUT2D eigenvalue weighted by Gasteiger charge is 2.47. The van der Waals surface area contributed by atoms with Crippen LogP contribution in [0.4, 0.5) is 0 Å². The van der Waals surface area contributed by atoms with E-state index in [-0.39, 0.29) is 11.1 Å². The second-order valence-corrected chi connectivity index (χ2v) is 5.39. The van der Waals surface area contributed by atoms with Crippen LogP contribution in [0, 0.1) is 0 Å². The normalized spacial score (nSPS) is 24.1. The molecule has 2 fully saturated rings. The lowest BCUT2D eigenvalue weighted by Gasteiger charge is -2.20. The van der Waals surface area contributed by atoms with Gasteiger partial charge in [0.15, 0.2) is 0 Å². The molecule has 0 bridgehead atoms. The number of ether oxygens (including phenoxy) is 1. The maximum absolute atomic E-state index is 6.21. The first-order chi connectivity index (χ1) is 7.68. The molecule has 0 aliphatic heterocycles. The van der Waals surface area contributed by atoms with Crippen molar-refractivity contribution in [3.05, 3.63) is 35.4 Å². The maximum Gasteiger partial charge on any atom is 0.0932 e. The summed E-state index contributed by atoms with van der Waals surface area (Å²) in [4.78, 5) is 0. The number of rotatable bonds is 4. The zero-order valence-electron chi connectivity index (χ0n) is 9.83. The molecule has 3 rings (SSSR count). The average Bonchev–Trinajstić information content (AvgIpc) is 3.18. The molecule has 2 saturated carbocycles. The Labute approximate surface area is 96.8 Å². The topological polar surface area (TPSA) is 35.2 Å². The number of benzene rings is 1. The van der Waals surface area contributed by atoms with Gasteiger partial charge in [-0.1, -0.05) is 24.3 Å². The van der Waals surface area contributed by atoms with Crippen molar-refractivity contribution >= 4 is 0 Å². The largest absolute Gasteiger partial charge is 0.374 e. The van der Waals surface area contributed by atoms with Crippen LogP contribution in [-0.4, -0.2) is 12.6 Å². The zero-order valence-corrected chi connectivity index (χ0v) is 9.83. The van der Waals surface area contributed by atoms with E-state index in [0.717, 1.165) is 19.3 Å². The van der Waals surface area contributed by atoms with Crippen molar-refractivity contribution in [1.29, 1.82) is 0 Å². The lowest BCUT2D eigenvalue weighted by Crippen LogP contribution is -2.26. The van der Waals surface area contributed by atoms with Crippen molar-refractivity contribution in [2.75, 3.05) is 7.11 Å². The molecule has 2 aliphatic rings. The summed E-state index contributed by atoms with van der Waals surface area (Å²) in [6.07, 6.45) is 5.65. The van der Waals surface area contributed by atoms with Gasteiger partial charge in [-0.05, 0) is 43.2 Å².